The molecular weight excluding hydrogens is 346 g/mol. The molecule has 1 saturated carbocycles. The zero-order valence-electron chi connectivity index (χ0n) is 14.3. The van der Waals surface area contributed by atoms with E-state index in [1.165, 1.54) is 6.26 Å². The Balaban J connectivity index is 1.48. The summed E-state index contributed by atoms with van der Waals surface area (Å²) in [6.45, 7) is 1.64. The van der Waals surface area contributed by atoms with Crippen molar-refractivity contribution < 1.29 is 13.2 Å². The van der Waals surface area contributed by atoms with Crippen molar-refractivity contribution in [3.8, 4) is 0 Å². The van der Waals surface area contributed by atoms with Crippen molar-refractivity contribution in [3.05, 3.63) is 0 Å². The summed E-state index contributed by atoms with van der Waals surface area (Å²) in [5, 5.41) is 10.1. The molecule has 2 aliphatic heterocycles. The summed E-state index contributed by atoms with van der Waals surface area (Å²) in [5.41, 5.74) is 0. The number of rotatable bonds is 4. The van der Waals surface area contributed by atoms with Crippen molar-refractivity contribution in [2.45, 2.75) is 61.2 Å². The number of thioether (sulfide) groups is 1. The fourth-order valence-electron chi connectivity index (χ4n) is 4.12. The van der Waals surface area contributed by atoms with Crippen LogP contribution >= 0.6 is 11.8 Å². The van der Waals surface area contributed by atoms with Crippen molar-refractivity contribution in [2.24, 2.45) is 5.92 Å². The zero-order valence-corrected chi connectivity index (χ0v) is 15.9. The van der Waals surface area contributed by atoms with Crippen molar-refractivity contribution >= 4 is 27.5 Å². The van der Waals surface area contributed by atoms with Gasteiger partial charge in [0.1, 0.15) is 9.84 Å². The standard InChI is InChI=1S/C16H29N3O3S2/c1-24(21,22)12-6-4-11(5-7-12)13-9-17-10-15(18-13)19-16(20)14-3-2-8-23-14/h11-15,17-18H,2-10H2,1H3,(H,19,20). The Morgan fingerprint density at radius 2 is 1.88 bits per heavy atom. The second kappa shape index (κ2) is 7.93. The van der Waals surface area contributed by atoms with Crippen LogP contribution < -0.4 is 16.0 Å². The summed E-state index contributed by atoms with van der Waals surface area (Å²) < 4.78 is 23.4. The number of hydrogen-bond donors (Lipinski definition) is 3. The van der Waals surface area contributed by atoms with Gasteiger partial charge >= 0.3 is 0 Å². The number of hydrogen-bond acceptors (Lipinski definition) is 6. The van der Waals surface area contributed by atoms with Crippen molar-refractivity contribution in [3.63, 3.8) is 0 Å². The lowest BCUT2D eigenvalue weighted by Gasteiger charge is -2.39. The smallest absolute Gasteiger partial charge is 0.234 e. The van der Waals surface area contributed by atoms with Crippen LogP contribution in [-0.4, -0.2) is 62.1 Å². The minimum atomic E-state index is -2.91. The predicted octanol–water partition coefficient (Wildman–Crippen LogP) is 0.489. The summed E-state index contributed by atoms with van der Waals surface area (Å²) in [6.07, 6.45) is 6.85. The van der Waals surface area contributed by atoms with Gasteiger partial charge in [-0.25, -0.2) is 8.42 Å². The van der Waals surface area contributed by atoms with Crippen molar-refractivity contribution in [1.29, 1.82) is 0 Å². The average Bonchev–Trinajstić information content (AvgIpc) is 3.09. The van der Waals surface area contributed by atoms with E-state index in [-0.39, 0.29) is 22.6 Å². The molecule has 138 valence electrons. The van der Waals surface area contributed by atoms with E-state index in [1.807, 2.05) is 0 Å². The minimum absolute atomic E-state index is 0.0231. The van der Waals surface area contributed by atoms with Gasteiger partial charge in [0.2, 0.25) is 5.91 Å². The van der Waals surface area contributed by atoms with Gasteiger partial charge in [0.15, 0.2) is 0 Å². The third-order valence-corrected chi connectivity index (χ3v) is 8.62. The molecule has 1 aliphatic carbocycles. The zero-order chi connectivity index (χ0) is 17.2. The van der Waals surface area contributed by atoms with Crippen LogP contribution in [0.5, 0.6) is 0 Å². The molecule has 3 fully saturated rings. The maximum atomic E-state index is 12.3. The minimum Gasteiger partial charge on any atom is -0.339 e. The molecule has 2 saturated heterocycles. The van der Waals surface area contributed by atoms with Crippen LogP contribution in [0.4, 0.5) is 0 Å². The molecule has 3 aliphatic rings. The van der Waals surface area contributed by atoms with Crippen LogP contribution in [0.2, 0.25) is 0 Å². The molecule has 0 spiro atoms. The molecule has 0 bridgehead atoms. The SMILES string of the molecule is CS(=O)(=O)C1CCC(C2CNCC(NC(=O)C3CCCS3)N2)CC1. The Kier molecular flexibility index (Phi) is 6.11. The number of carbonyl (C=O) groups is 1. The van der Waals surface area contributed by atoms with Gasteiger partial charge in [-0.05, 0) is 50.2 Å². The van der Waals surface area contributed by atoms with E-state index in [0.29, 0.717) is 12.0 Å². The number of piperazine rings is 1. The van der Waals surface area contributed by atoms with Crippen LogP contribution in [-0.2, 0) is 14.6 Å². The quantitative estimate of drug-likeness (QED) is 0.663. The van der Waals surface area contributed by atoms with Gasteiger partial charge in [-0.2, -0.15) is 0 Å². The molecule has 0 aromatic carbocycles. The highest BCUT2D eigenvalue weighted by Gasteiger charge is 2.34. The lowest BCUT2D eigenvalue weighted by molar-refractivity contribution is -0.121. The maximum Gasteiger partial charge on any atom is 0.234 e. The first kappa shape index (κ1) is 18.5. The molecular formula is C16H29N3O3S2. The van der Waals surface area contributed by atoms with Gasteiger partial charge < -0.3 is 10.6 Å². The Bertz CT molecular complexity index is 541. The average molecular weight is 376 g/mol. The van der Waals surface area contributed by atoms with E-state index >= 15 is 0 Å². The van der Waals surface area contributed by atoms with E-state index in [4.69, 9.17) is 0 Å². The first-order valence-corrected chi connectivity index (χ1v) is 12.0. The lowest BCUT2D eigenvalue weighted by atomic mass is 9.83. The molecule has 0 aromatic rings. The van der Waals surface area contributed by atoms with Crippen molar-refractivity contribution in [1.82, 2.24) is 16.0 Å². The predicted molar refractivity (Wildman–Crippen MR) is 97.8 cm³/mol. The Labute approximate surface area is 149 Å². The Morgan fingerprint density at radius 1 is 1.12 bits per heavy atom. The Morgan fingerprint density at radius 3 is 2.50 bits per heavy atom. The van der Waals surface area contributed by atoms with Crippen LogP contribution in [0.25, 0.3) is 0 Å². The van der Waals surface area contributed by atoms with Crippen LogP contribution in [0.1, 0.15) is 38.5 Å². The van der Waals surface area contributed by atoms with Crippen LogP contribution in [0, 0.1) is 5.92 Å². The maximum absolute atomic E-state index is 12.3. The third-order valence-electron chi connectivity index (χ3n) is 5.56. The Hall–Kier alpha value is -0.310. The first-order valence-electron chi connectivity index (χ1n) is 9.01. The summed E-state index contributed by atoms with van der Waals surface area (Å²) in [7, 11) is -2.91. The normalized spacial score (nSPS) is 38.0. The number of sulfone groups is 1. The first-order chi connectivity index (χ1) is 11.4. The monoisotopic (exact) mass is 375 g/mol. The highest BCUT2D eigenvalue weighted by Crippen LogP contribution is 2.31. The lowest BCUT2D eigenvalue weighted by Crippen LogP contribution is -2.64. The number of amides is 1. The van der Waals surface area contributed by atoms with Crippen LogP contribution in [0.15, 0.2) is 0 Å². The number of nitrogens with one attached hydrogen (secondary N) is 3. The van der Waals surface area contributed by atoms with E-state index in [9.17, 15) is 13.2 Å². The summed E-state index contributed by atoms with van der Waals surface area (Å²) >= 11 is 1.75. The molecule has 6 nitrogen and oxygen atoms in total. The van der Waals surface area contributed by atoms with Gasteiger partial charge in [-0.3, -0.25) is 10.1 Å². The fourth-order valence-corrected chi connectivity index (χ4v) is 6.42. The molecule has 24 heavy (non-hydrogen) atoms. The summed E-state index contributed by atoms with van der Waals surface area (Å²) in [5.74, 6) is 1.72. The molecule has 1 amide bonds. The van der Waals surface area contributed by atoms with E-state index < -0.39 is 9.84 Å². The molecule has 3 unspecified atom stereocenters. The summed E-state index contributed by atoms with van der Waals surface area (Å²) in [4.78, 5) is 12.3. The highest BCUT2D eigenvalue weighted by atomic mass is 32.2. The molecule has 2 heterocycles. The molecule has 3 rings (SSSR count). The van der Waals surface area contributed by atoms with Crippen LogP contribution in [0.3, 0.4) is 0 Å². The van der Waals surface area contributed by atoms with Gasteiger partial charge in [0, 0.05) is 25.4 Å². The largest absolute Gasteiger partial charge is 0.339 e. The van der Waals surface area contributed by atoms with Gasteiger partial charge in [0.25, 0.3) is 0 Å². The van der Waals surface area contributed by atoms with Gasteiger partial charge in [0.05, 0.1) is 16.7 Å². The summed E-state index contributed by atoms with van der Waals surface area (Å²) in [6, 6.07) is 0.306. The fraction of sp³-hybridized carbons (Fsp3) is 0.938. The molecule has 3 atom stereocenters. The number of carbonyl (C=O) groups excluding carboxylic acids is 1. The molecule has 0 aromatic heterocycles. The molecule has 8 heteroatoms. The van der Waals surface area contributed by atoms with Crippen molar-refractivity contribution in [2.75, 3.05) is 25.1 Å². The van der Waals surface area contributed by atoms with E-state index in [1.54, 1.807) is 11.8 Å². The molecule has 0 radical (unpaired) electrons. The van der Waals surface area contributed by atoms with E-state index in [2.05, 4.69) is 16.0 Å². The second-order valence-electron chi connectivity index (χ2n) is 7.36. The third kappa shape index (κ3) is 4.65. The highest BCUT2D eigenvalue weighted by molar-refractivity contribution is 8.00. The van der Waals surface area contributed by atoms with E-state index in [0.717, 1.165) is 57.4 Å². The second-order valence-corrected chi connectivity index (χ2v) is 11.0. The van der Waals surface area contributed by atoms with Gasteiger partial charge in [-0.15, -0.1) is 11.8 Å². The van der Waals surface area contributed by atoms with Gasteiger partial charge in [-0.1, -0.05) is 0 Å². The topological polar surface area (TPSA) is 87.3 Å². The molecule has 3 N–H and O–H groups in total.